The fraction of sp³-hybridized carbons (Fsp3) is 0.500. The van der Waals surface area contributed by atoms with Crippen molar-refractivity contribution in [1.29, 1.82) is 0 Å². The molecule has 1 N–H and O–H groups in total. The zero-order valence-electron chi connectivity index (χ0n) is 19.9. The van der Waals surface area contributed by atoms with Crippen LogP contribution in [0.2, 0.25) is 0 Å². The first-order chi connectivity index (χ1) is 15.8. The summed E-state index contributed by atoms with van der Waals surface area (Å²) in [6.45, 7) is 7.64. The Morgan fingerprint density at radius 2 is 1.79 bits per heavy atom. The molecular weight excluding hydrogens is 529 g/mol. The minimum Gasteiger partial charge on any atom is -0.489 e. The lowest BCUT2D eigenvalue weighted by molar-refractivity contribution is 0.00990. The minimum absolute atomic E-state index is 0. The second-order valence-corrected chi connectivity index (χ2v) is 8.00. The van der Waals surface area contributed by atoms with Gasteiger partial charge in [0.1, 0.15) is 12.4 Å². The van der Waals surface area contributed by atoms with E-state index in [0.717, 1.165) is 69.4 Å². The molecule has 0 radical (unpaired) electrons. The predicted octanol–water partition coefficient (Wildman–Crippen LogP) is 4.87. The molecule has 3 rings (SSSR count). The molecule has 0 amide bonds. The van der Waals surface area contributed by atoms with Gasteiger partial charge >= 0.3 is 0 Å². The van der Waals surface area contributed by atoms with Gasteiger partial charge in [0, 0.05) is 40.0 Å². The van der Waals surface area contributed by atoms with Crippen LogP contribution in [-0.2, 0) is 22.6 Å². The van der Waals surface area contributed by atoms with Crippen LogP contribution < -0.4 is 10.1 Å². The van der Waals surface area contributed by atoms with Gasteiger partial charge in [0.25, 0.3) is 0 Å². The molecule has 1 fully saturated rings. The number of benzene rings is 2. The molecule has 0 atom stereocenters. The quantitative estimate of drug-likeness (QED) is 0.182. The molecule has 182 valence electrons. The average Bonchev–Trinajstić information content (AvgIpc) is 2.84. The summed E-state index contributed by atoms with van der Waals surface area (Å²) >= 11 is 0. The number of guanidine groups is 1. The van der Waals surface area contributed by atoms with E-state index in [1.54, 1.807) is 7.11 Å². The Morgan fingerprint density at radius 1 is 1.03 bits per heavy atom. The van der Waals surface area contributed by atoms with Gasteiger partial charge in [-0.1, -0.05) is 42.5 Å². The minimum atomic E-state index is 0. The molecule has 2 aromatic carbocycles. The Morgan fingerprint density at radius 3 is 2.52 bits per heavy atom. The summed E-state index contributed by atoms with van der Waals surface area (Å²) in [5.41, 5.74) is 2.34. The highest BCUT2D eigenvalue weighted by Crippen LogP contribution is 2.16. The van der Waals surface area contributed by atoms with Gasteiger partial charge in [-0.05, 0) is 49.4 Å². The third-order valence-corrected chi connectivity index (χ3v) is 5.47. The molecule has 2 aromatic rings. The molecule has 1 aliphatic rings. The van der Waals surface area contributed by atoms with Crippen LogP contribution in [0.25, 0.3) is 0 Å². The number of para-hydroxylation sites is 1. The lowest BCUT2D eigenvalue weighted by Gasteiger charge is -2.34. The topological polar surface area (TPSA) is 55.3 Å². The van der Waals surface area contributed by atoms with Gasteiger partial charge in [-0.25, -0.2) is 4.99 Å². The van der Waals surface area contributed by atoms with E-state index < -0.39 is 0 Å². The van der Waals surface area contributed by atoms with Crippen molar-refractivity contribution in [2.24, 2.45) is 4.99 Å². The number of likely N-dealkylation sites (tertiary alicyclic amines) is 1. The zero-order chi connectivity index (χ0) is 22.4. The summed E-state index contributed by atoms with van der Waals surface area (Å²) in [5, 5.41) is 3.45. The van der Waals surface area contributed by atoms with Crippen LogP contribution in [-0.4, -0.2) is 56.9 Å². The van der Waals surface area contributed by atoms with E-state index in [1.807, 2.05) is 30.3 Å². The molecule has 0 aliphatic carbocycles. The van der Waals surface area contributed by atoms with Gasteiger partial charge in [-0.3, -0.25) is 0 Å². The van der Waals surface area contributed by atoms with Crippen LogP contribution in [0.1, 0.15) is 37.3 Å². The average molecular weight is 568 g/mol. The van der Waals surface area contributed by atoms with Gasteiger partial charge < -0.3 is 24.4 Å². The van der Waals surface area contributed by atoms with Crippen LogP contribution in [0.5, 0.6) is 5.75 Å². The summed E-state index contributed by atoms with van der Waals surface area (Å²) in [6, 6.07) is 18.4. The van der Waals surface area contributed by atoms with Crippen molar-refractivity contribution in [3.8, 4) is 5.75 Å². The molecule has 1 aliphatic heterocycles. The van der Waals surface area contributed by atoms with Crippen molar-refractivity contribution in [1.82, 2.24) is 10.2 Å². The zero-order valence-corrected chi connectivity index (χ0v) is 22.2. The summed E-state index contributed by atoms with van der Waals surface area (Å²) in [6.07, 6.45) is 3.36. The summed E-state index contributed by atoms with van der Waals surface area (Å²) in [4.78, 5) is 7.26. The molecule has 0 spiro atoms. The van der Waals surface area contributed by atoms with Gasteiger partial charge in [0.15, 0.2) is 5.96 Å². The maximum absolute atomic E-state index is 5.99. The van der Waals surface area contributed by atoms with Crippen molar-refractivity contribution >= 4 is 29.9 Å². The Bertz CT molecular complexity index is 811. The lowest BCUT2D eigenvalue weighted by atomic mass is 10.1. The standard InChI is InChI=1S/C26H37N3O3.HI/c1-3-27-26(29-15-13-25(14-16-29)31-18-8-17-30-2)28-20-22-9-7-10-23(19-22)21-32-24-11-5-4-6-12-24;/h4-7,9-12,19,25H,3,8,13-18,20-21H2,1-2H3,(H,27,28);1H. The molecule has 6 nitrogen and oxygen atoms in total. The third kappa shape index (κ3) is 9.90. The fourth-order valence-corrected chi connectivity index (χ4v) is 3.78. The second-order valence-electron chi connectivity index (χ2n) is 8.00. The van der Waals surface area contributed by atoms with E-state index in [9.17, 15) is 0 Å². The molecule has 0 bridgehead atoms. The molecular formula is C26H38IN3O3. The Balaban J connectivity index is 0.00000385. The number of methoxy groups -OCH3 is 1. The van der Waals surface area contributed by atoms with Crippen LogP contribution in [0, 0.1) is 0 Å². The monoisotopic (exact) mass is 567 g/mol. The van der Waals surface area contributed by atoms with E-state index in [-0.39, 0.29) is 24.0 Å². The van der Waals surface area contributed by atoms with Crippen molar-refractivity contribution in [3.05, 3.63) is 65.7 Å². The van der Waals surface area contributed by atoms with Gasteiger partial charge in [0.2, 0.25) is 0 Å². The molecule has 0 aromatic heterocycles. The van der Waals surface area contributed by atoms with E-state index in [1.165, 1.54) is 5.56 Å². The van der Waals surface area contributed by atoms with Crippen LogP contribution >= 0.6 is 24.0 Å². The SMILES string of the molecule is CCNC(=NCc1cccc(COc2ccccc2)c1)N1CCC(OCCCOC)CC1.I. The maximum Gasteiger partial charge on any atom is 0.194 e. The van der Waals surface area contributed by atoms with E-state index in [4.69, 9.17) is 19.2 Å². The number of halogens is 1. The highest BCUT2D eigenvalue weighted by atomic mass is 127. The van der Waals surface area contributed by atoms with Crippen molar-refractivity contribution in [3.63, 3.8) is 0 Å². The third-order valence-electron chi connectivity index (χ3n) is 5.47. The normalized spacial score (nSPS) is 14.6. The maximum atomic E-state index is 5.99. The van der Waals surface area contributed by atoms with Crippen LogP contribution in [0.15, 0.2) is 59.6 Å². The highest BCUT2D eigenvalue weighted by Gasteiger charge is 2.21. The lowest BCUT2D eigenvalue weighted by Crippen LogP contribution is -2.47. The number of nitrogens with zero attached hydrogens (tertiary/aromatic N) is 2. The van der Waals surface area contributed by atoms with E-state index >= 15 is 0 Å². The summed E-state index contributed by atoms with van der Waals surface area (Å²) < 4.78 is 17.0. The molecule has 0 saturated carbocycles. The number of hydrogen-bond acceptors (Lipinski definition) is 4. The fourth-order valence-electron chi connectivity index (χ4n) is 3.78. The summed E-state index contributed by atoms with van der Waals surface area (Å²) in [5.74, 6) is 1.87. The molecule has 1 saturated heterocycles. The van der Waals surface area contributed by atoms with E-state index in [2.05, 4.69) is 41.4 Å². The molecule has 7 heteroatoms. The van der Waals surface area contributed by atoms with E-state index in [0.29, 0.717) is 19.3 Å². The van der Waals surface area contributed by atoms with Crippen LogP contribution in [0.3, 0.4) is 0 Å². The first-order valence-electron chi connectivity index (χ1n) is 11.7. The molecule has 33 heavy (non-hydrogen) atoms. The van der Waals surface area contributed by atoms with Crippen molar-refractivity contribution in [2.75, 3.05) is 40.0 Å². The Kier molecular flexibility index (Phi) is 13.2. The Hall–Kier alpha value is -1.84. The van der Waals surface area contributed by atoms with Crippen molar-refractivity contribution in [2.45, 2.75) is 45.4 Å². The van der Waals surface area contributed by atoms with Gasteiger partial charge in [0.05, 0.1) is 12.6 Å². The molecule has 1 heterocycles. The van der Waals surface area contributed by atoms with Gasteiger partial charge in [-0.15, -0.1) is 24.0 Å². The first kappa shape index (κ1) is 27.4. The summed E-state index contributed by atoms with van der Waals surface area (Å²) in [7, 11) is 1.73. The van der Waals surface area contributed by atoms with Crippen LogP contribution in [0.4, 0.5) is 0 Å². The predicted molar refractivity (Wildman–Crippen MR) is 144 cm³/mol. The largest absolute Gasteiger partial charge is 0.489 e. The number of nitrogens with one attached hydrogen (secondary N) is 1. The second kappa shape index (κ2) is 15.9. The smallest absolute Gasteiger partial charge is 0.194 e. The number of ether oxygens (including phenoxy) is 3. The number of rotatable bonds is 11. The number of piperidine rings is 1. The molecule has 0 unspecified atom stereocenters. The number of hydrogen-bond donors (Lipinski definition) is 1. The number of aliphatic imine (C=N–C) groups is 1. The highest BCUT2D eigenvalue weighted by molar-refractivity contribution is 14.0. The Labute approximate surface area is 215 Å². The van der Waals surface area contributed by atoms with Gasteiger partial charge in [-0.2, -0.15) is 0 Å². The first-order valence-corrected chi connectivity index (χ1v) is 11.7. The van der Waals surface area contributed by atoms with Crippen molar-refractivity contribution < 1.29 is 14.2 Å².